The summed E-state index contributed by atoms with van der Waals surface area (Å²) in [4.78, 5) is 0. The SMILES string of the molecule is CNC([S-])=NN=C(C(=NN=C([S-])NC)c1ccc(OC)cc1)c1ccc(C)cc1.CNC([S-])=NN=C(C(=NN=C([S-])NC)c1ccccc1)c1ccccc1.CNC([S-])=NN=C(C)C(=NN=C([S-])NC)c1c(F)c(F)c(F)c(F)c1F.CNC([S-])=NN=C(C)C(=NN=C([S-])NC)c1ccc(C(C)(C(F)(F)F)C(F)(F)F)cc1.CNC([S-])=NN=C(C)C(=NN=C([S-])NC)c1ccc(C)cc1.[Cu+2].[Cu+2].[Cu+2].[Cu+2].[Cu+2]. The standard InChI is InChI=1S/C20H24N6OS2.C18H20N6S2.C17H20F6N6S2.C14H20N6S2.C13H13F5N6S2.5Cu/c1-13-5-7-14(8-6-13)17(23-25-19(28)21-2)18(24-26-20(29)22-3)15-9-11-16(27-4)12-10-15;1-19-17(25)23-21-15(13-9-5-3-6-10-13)16(22-24-18(26)20-2)14-11-7-4-8-12-14;1-9(26-28-13(30)24-3)12(27-29-14(31)25-4)10-5-7-11(8-6-10)15(2,16(18,19)20)17(21,22)23;1-9-5-7-11(8-6-9)12(18-20-14(22)16-4)10(2)17-19-13(21)15-3;1-4(21-23-12(25)19-2)11(22-24-13(26)20-3)5-6(14)8(16)10(18)9(17)7(5)15;;;;;/h5-12H,1-4H3,(H2,21,25,28)(H2,22,26,29);3-12H,1-2H3,(H2,19,23,25)(H2,20,24,26);5-8H,1-4H3,(H2,24,28,30)(H2,25,29,31);5-8H,1-4H3,(H2,15,19,21)(H2,16,20,22);1-3H3,(H2,19,23,25)(H2,20,24,26);;;;;/q;;;;;5*+2/p-10. The first-order chi connectivity index (χ1) is 63.4. The topological polar surface area (TPSA) is 377 Å². The van der Waals surface area contributed by atoms with Gasteiger partial charge in [0.2, 0.25) is 5.82 Å². The number of hydrogen-bond donors (Lipinski definition) is 10. The normalized spacial score (nSPS) is 13.5. The van der Waals surface area contributed by atoms with E-state index in [-0.39, 0.29) is 156 Å². The summed E-state index contributed by atoms with van der Waals surface area (Å²) in [5.41, 5.74) is 2.54. The molecule has 7 aromatic carbocycles. The van der Waals surface area contributed by atoms with Gasteiger partial charge < -0.3 is 184 Å². The van der Waals surface area contributed by atoms with Crippen LogP contribution in [0.5, 0.6) is 5.75 Å². The third-order valence-corrected chi connectivity index (χ3v) is 19.5. The van der Waals surface area contributed by atoms with Crippen molar-refractivity contribution in [2.75, 3.05) is 77.6 Å². The van der Waals surface area contributed by atoms with Gasteiger partial charge in [0.25, 0.3) is 0 Å². The number of alkyl halides is 6. The van der Waals surface area contributed by atoms with Crippen LogP contribution in [0.1, 0.15) is 83.3 Å². The number of amidine groups is 10. The summed E-state index contributed by atoms with van der Waals surface area (Å²) < 4.78 is 153. The smallest absolute Gasteiger partial charge is 0.741 e. The van der Waals surface area contributed by atoms with Gasteiger partial charge in [0.05, 0.1) is 29.8 Å². The number of hydrogen-bond acceptors (Lipinski definition) is 31. The molecule has 0 saturated heterocycles. The Balaban J connectivity index is -0.00000165. The minimum absolute atomic E-state index is 0. The van der Waals surface area contributed by atoms with E-state index in [9.17, 15) is 48.3 Å². The first kappa shape index (κ1) is 133. The predicted octanol–water partition coefficient (Wildman–Crippen LogP) is 10.8. The molecule has 7 rings (SSSR count). The van der Waals surface area contributed by atoms with E-state index in [1.807, 2.05) is 147 Å². The second-order valence-corrected chi connectivity index (χ2v) is 29.5. The number of nitrogens with one attached hydrogen (secondary N) is 10. The van der Waals surface area contributed by atoms with Crippen molar-refractivity contribution in [1.29, 1.82) is 0 Å². The molecule has 10 N–H and O–H groups in total. The average molecular weight is 2360 g/mol. The molecule has 0 saturated carbocycles. The van der Waals surface area contributed by atoms with Gasteiger partial charge in [-0.25, -0.2) is 22.0 Å². The maximum absolute atomic E-state index is 14.1. The number of halogens is 11. The van der Waals surface area contributed by atoms with Crippen molar-refractivity contribution in [3.8, 4) is 5.75 Å². The van der Waals surface area contributed by atoms with Gasteiger partial charge in [0, 0.05) is 104 Å². The molecule has 57 heteroatoms. The Morgan fingerprint density at radius 1 is 0.252 bits per heavy atom. The zero-order valence-corrected chi connectivity index (χ0v) is 88.5. The molecule has 0 aliphatic carbocycles. The third kappa shape index (κ3) is 44.2. The molecule has 139 heavy (non-hydrogen) atoms. The summed E-state index contributed by atoms with van der Waals surface area (Å²) in [6.45, 7) is 8.53. The van der Waals surface area contributed by atoms with Crippen LogP contribution in [0, 0.1) is 42.9 Å². The van der Waals surface area contributed by atoms with E-state index in [4.69, 9.17) is 131 Å². The predicted molar refractivity (Wildman–Crippen MR) is 544 cm³/mol. The first-order valence-electron chi connectivity index (χ1n) is 38.1. The Kier molecular flexibility index (Phi) is 65.8. The monoisotopic (exact) mass is 2350 g/mol. The van der Waals surface area contributed by atoms with Crippen molar-refractivity contribution in [2.45, 2.75) is 59.3 Å². The molecule has 0 heterocycles. The Morgan fingerprint density at radius 3 is 0.669 bits per heavy atom. The Bertz CT molecular complexity index is 5600. The molecule has 0 amide bonds. The Hall–Kier alpha value is -10.2. The van der Waals surface area contributed by atoms with Crippen LogP contribution in [0.25, 0.3) is 0 Å². The summed E-state index contributed by atoms with van der Waals surface area (Å²) in [6.07, 6.45) is -11.1. The van der Waals surface area contributed by atoms with E-state index in [1.165, 1.54) is 35.1 Å². The van der Waals surface area contributed by atoms with Gasteiger partial charge in [-0.05, 0) is 123 Å². The van der Waals surface area contributed by atoms with Crippen molar-refractivity contribution in [3.05, 3.63) is 242 Å². The molecule has 0 atom stereocenters. The van der Waals surface area contributed by atoms with Crippen LogP contribution in [-0.2, 0) is 217 Å². The minimum Gasteiger partial charge on any atom is -0.741 e. The van der Waals surface area contributed by atoms with Crippen molar-refractivity contribution in [3.63, 3.8) is 0 Å². The van der Waals surface area contributed by atoms with Gasteiger partial charge in [-0.15, -0.1) is 35.7 Å². The van der Waals surface area contributed by atoms with Crippen LogP contribution in [-0.4, -0.2) is 199 Å². The van der Waals surface area contributed by atoms with E-state index >= 15 is 0 Å². The number of methoxy groups -OCH3 is 1. The van der Waals surface area contributed by atoms with E-state index in [2.05, 4.69) is 155 Å². The number of benzene rings is 7. The molecule has 0 fully saturated rings. The van der Waals surface area contributed by atoms with E-state index in [0.717, 1.165) is 75.9 Å². The molecular weight excluding hydrogens is 2270 g/mol. The van der Waals surface area contributed by atoms with E-state index in [0.29, 0.717) is 44.6 Å². The second-order valence-electron chi connectivity index (χ2n) is 25.6. The second kappa shape index (κ2) is 68.8. The summed E-state index contributed by atoms with van der Waals surface area (Å²) in [5, 5.41) is 107. The molecular formula is C82H87Cu5F11N30OS10. The van der Waals surface area contributed by atoms with Crippen molar-refractivity contribution in [2.24, 2.45) is 102 Å². The van der Waals surface area contributed by atoms with Crippen LogP contribution in [0.3, 0.4) is 0 Å². The summed E-state index contributed by atoms with van der Waals surface area (Å²) in [7, 11) is 17.6. The molecule has 5 radical (unpaired) electrons. The van der Waals surface area contributed by atoms with Gasteiger partial charge in [-0.3, -0.25) is 0 Å². The fraction of sp³-hybridized carbons (Fsp3) is 0.244. The van der Waals surface area contributed by atoms with Crippen LogP contribution in [0.15, 0.2) is 260 Å². The number of ether oxygens (including phenoxy) is 1. The maximum Gasteiger partial charge on any atom is 2.00 e. The van der Waals surface area contributed by atoms with Gasteiger partial charge in [0.15, 0.2) is 28.7 Å². The summed E-state index contributed by atoms with van der Waals surface area (Å²) in [5.74, 6) is -10.1. The fourth-order valence-corrected chi connectivity index (χ4v) is 9.65. The molecule has 763 valence electrons. The molecule has 0 bridgehead atoms. The van der Waals surface area contributed by atoms with Gasteiger partial charge in [0.1, 0.15) is 45.7 Å². The average Bonchev–Trinajstić information content (AvgIpc) is 0.746. The Morgan fingerprint density at radius 2 is 0.439 bits per heavy atom. The van der Waals surface area contributed by atoms with E-state index in [1.54, 1.807) is 56.3 Å². The molecule has 0 aliphatic rings. The van der Waals surface area contributed by atoms with Gasteiger partial charge in [-0.1, -0.05) is 145 Å². The third-order valence-electron chi connectivity index (χ3n) is 16.6. The van der Waals surface area contributed by atoms with Crippen LogP contribution < -0.4 is 57.9 Å². The molecule has 0 aromatic heterocycles. The fourth-order valence-electron chi connectivity index (χ4n) is 9.25. The van der Waals surface area contributed by atoms with Crippen molar-refractivity contribution >= 4 is 235 Å². The molecule has 7 aromatic rings. The van der Waals surface area contributed by atoms with Crippen LogP contribution >= 0.6 is 0 Å². The maximum atomic E-state index is 14.1. The molecule has 0 aliphatic heterocycles. The minimum atomic E-state index is -5.56. The van der Waals surface area contributed by atoms with Gasteiger partial charge >= 0.3 is 97.7 Å². The van der Waals surface area contributed by atoms with Crippen LogP contribution in [0.2, 0.25) is 0 Å². The zero-order chi connectivity index (χ0) is 101. The number of rotatable bonds is 24. The Labute approximate surface area is 905 Å². The van der Waals surface area contributed by atoms with Crippen molar-refractivity contribution < 1.29 is 138 Å². The quantitative estimate of drug-likeness (QED) is 0.00393. The largest absolute Gasteiger partial charge is 2.00 e. The van der Waals surface area contributed by atoms with Crippen LogP contribution in [0.4, 0.5) is 48.3 Å². The number of aryl methyl sites for hydroxylation is 2. The van der Waals surface area contributed by atoms with Gasteiger partial charge in [-0.2, -0.15) is 92.7 Å². The first-order valence-corrected chi connectivity index (χ1v) is 42.1. The van der Waals surface area contributed by atoms with Crippen molar-refractivity contribution in [1.82, 2.24) is 53.2 Å². The summed E-state index contributed by atoms with van der Waals surface area (Å²) >= 11 is 49.4. The summed E-state index contributed by atoms with van der Waals surface area (Å²) in [6, 6.07) is 45.9. The number of nitrogens with zero attached hydrogens (tertiary/aromatic N) is 20. The molecule has 31 nitrogen and oxygen atoms in total. The molecule has 0 unspecified atom stereocenters. The zero-order valence-electron chi connectivity index (χ0n) is 75.6. The van der Waals surface area contributed by atoms with E-state index < -0.39 is 63.7 Å². The molecule has 0 spiro atoms.